The van der Waals surface area contributed by atoms with Crippen molar-refractivity contribution in [2.24, 2.45) is 5.73 Å². The summed E-state index contributed by atoms with van der Waals surface area (Å²) in [5.74, 6) is 6.46. The molecule has 1 unspecified atom stereocenters. The topological polar surface area (TPSA) is 92.8 Å². The average molecular weight is 454 g/mol. The molecule has 0 bridgehead atoms. The third-order valence-electron chi connectivity index (χ3n) is 4.30. The zero-order valence-corrected chi connectivity index (χ0v) is 19.3. The van der Waals surface area contributed by atoms with Crippen LogP contribution in [0.2, 0.25) is 0 Å². The van der Waals surface area contributed by atoms with Crippen molar-refractivity contribution >= 4 is 30.9 Å². The Morgan fingerprint density at radius 3 is 2.59 bits per heavy atom. The highest BCUT2D eigenvalue weighted by Crippen LogP contribution is 2.37. The van der Waals surface area contributed by atoms with Crippen LogP contribution in [0.3, 0.4) is 0 Å². The number of hydrogen-bond donors (Lipinski definition) is 3. The van der Waals surface area contributed by atoms with Gasteiger partial charge in [0.25, 0.3) is 0 Å². The molecule has 2 rings (SSSR count). The molecular weight excluding hydrogens is 425 g/mol. The van der Waals surface area contributed by atoms with Crippen LogP contribution >= 0.6 is 30.9 Å². The number of nitrogens with two attached hydrogens (primary N) is 1. The molecule has 29 heavy (non-hydrogen) atoms. The molecule has 0 aliphatic rings. The van der Waals surface area contributed by atoms with Gasteiger partial charge in [-0.25, -0.2) is 4.57 Å². The first kappa shape index (κ1) is 24.2. The maximum absolute atomic E-state index is 10.8. The summed E-state index contributed by atoms with van der Waals surface area (Å²) in [6, 6.07) is 12.7. The first-order chi connectivity index (χ1) is 13.7. The quantitative estimate of drug-likeness (QED) is 0.211. The smallest absolute Gasteiger partial charge is 0.323 e. The van der Waals surface area contributed by atoms with E-state index in [9.17, 15) is 4.57 Å². The van der Waals surface area contributed by atoms with E-state index in [4.69, 9.17) is 15.5 Å². The van der Waals surface area contributed by atoms with Gasteiger partial charge in [-0.05, 0) is 68.7 Å². The van der Waals surface area contributed by atoms with Crippen molar-refractivity contribution < 1.29 is 18.9 Å². The predicted octanol–water partition coefficient (Wildman–Crippen LogP) is 4.60. The highest BCUT2D eigenvalue weighted by molar-refractivity contribution is 7.98. The van der Waals surface area contributed by atoms with Crippen LogP contribution in [0.5, 0.6) is 0 Å². The van der Waals surface area contributed by atoms with Gasteiger partial charge >= 0.3 is 7.82 Å². The zero-order valence-electron chi connectivity index (χ0n) is 16.8. The number of hydrogen-bond acceptors (Lipinski definition) is 5. The third kappa shape index (κ3) is 9.97. The minimum atomic E-state index is -4.49. The summed E-state index contributed by atoms with van der Waals surface area (Å²) in [7, 11) is -4.49. The van der Waals surface area contributed by atoms with Gasteiger partial charge in [-0.3, -0.25) is 4.52 Å². The predicted molar refractivity (Wildman–Crippen MR) is 121 cm³/mol. The van der Waals surface area contributed by atoms with Crippen LogP contribution in [0.25, 0.3) is 0 Å². The number of thioether (sulfide) groups is 1. The number of phosphoric ester groups is 1. The first-order valence-electron chi connectivity index (χ1n) is 9.36. The summed E-state index contributed by atoms with van der Waals surface area (Å²) in [6.07, 6.45) is 6.29. The minimum Gasteiger partial charge on any atom is -0.323 e. The lowest BCUT2D eigenvalue weighted by molar-refractivity contribution is 0.154. The Labute approximate surface area is 181 Å². The lowest BCUT2D eigenvalue weighted by Crippen LogP contribution is -2.41. The zero-order chi connectivity index (χ0) is 21.3. The molecule has 0 radical (unpaired) electrons. The lowest BCUT2D eigenvalue weighted by atomic mass is 9.98. The van der Waals surface area contributed by atoms with E-state index in [1.807, 2.05) is 12.1 Å². The van der Waals surface area contributed by atoms with Crippen LogP contribution < -0.4 is 5.73 Å². The molecule has 1 aromatic carbocycles. The molecule has 2 aromatic rings. The summed E-state index contributed by atoms with van der Waals surface area (Å²) in [4.78, 5) is 21.0. The van der Waals surface area contributed by atoms with Gasteiger partial charge in [-0.15, -0.1) is 23.1 Å². The Bertz CT molecular complexity index is 878. The molecule has 0 spiro atoms. The number of phosphoric acid groups is 1. The second kappa shape index (κ2) is 11.3. The Kier molecular flexibility index (Phi) is 9.45. The van der Waals surface area contributed by atoms with Crippen molar-refractivity contribution in [2.45, 2.75) is 49.5 Å². The number of thiophene rings is 1. The Morgan fingerprint density at radius 1 is 1.21 bits per heavy atom. The number of aryl methyl sites for hydroxylation is 2. The molecule has 0 aliphatic heterocycles. The average Bonchev–Trinajstić information content (AvgIpc) is 3.13. The fraction of sp³-hybridized carbons (Fsp3) is 0.429. The SMILES string of the molecule is CSc1ccc(CCCC#Cc2ccc(CCC(C)(N)COP(=O)(O)O)s2)cc1. The van der Waals surface area contributed by atoms with Gasteiger partial charge in [0.15, 0.2) is 0 Å². The van der Waals surface area contributed by atoms with Crippen LogP contribution in [-0.4, -0.2) is 28.2 Å². The van der Waals surface area contributed by atoms with Gasteiger partial charge in [0.2, 0.25) is 0 Å². The van der Waals surface area contributed by atoms with Crippen molar-refractivity contribution in [3.63, 3.8) is 0 Å². The number of benzene rings is 1. The van der Waals surface area contributed by atoms with Crippen molar-refractivity contribution in [1.82, 2.24) is 0 Å². The van der Waals surface area contributed by atoms with E-state index in [2.05, 4.69) is 46.9 Å². The van der Waals surface area contributed by atoms with Gasteiger partial charge < -0.3 is 15.5 Å². The molecule has 4 N–H and O–H groups in total. The number of unbranched alkanes of at least 4 members (excludes halogenated alkanes) is 1. The van der Waals surface area contributed by atoms with Gasteiger partial charge in [0.05, 0.1) is 11.5 Å². The van der Waals surface area contributed by atoms with E-state index in [0.29, 0.717) is 6.42 Å². The lowest BCUT2D eigenvalue weighted by Gasteiger charge is -2.24. The van der Waals surface area contributed by atoms with Crippen molar-refractivity contribution in [3.8, 4) is 11.8 Å². The van der Waals surface area contributed by atoms with E-state index in [-0.39, 0.29) is 6.61 Å². The molecule has 158 valence electrons. The van der Waals surface area contributed by atoms with Crippen molar-refractivity contribution in [1.29, 1.82) is 0 Å². The van der Waals surface area contributed by atoms with Crippen LogP contribution in [0, 0.1) is 11.8 Å². The van der Waals surface area contributed by atoms with Crippen molar-refractivity contribution in [3.05, 3.63) is 51.7 Å². The molecule has 8 heteroatoms. The first-order valence-corrected chi connectivity index (χ1v) is 12.9. The largest absolute Gasteiger partial charge is 0.469 e. The number of rotatable bonds is 10. The molecule has 1 atom stereocenters. The van der Waals surface area contributed by atoms with Gasteiger partial charge in [-0.1, -0.05) is 24.0 Å². The van der Waals surface area contributed by atoms with Crippen LogP contribution in [0.15, 0.2) is 41.3 Å². The van der Waals surface area contributed by atoms with Crippen LogP contribution in [-0.2, 0) is 21.9 Å². The van der Waals surface area contributed by atoms with Gasteiger partial charge in [0, 0.05) is 21.7 Å². The molecule has 0 saturated heterocycles. The molecular formula is C21H28NO4PS2. The molecule has 0 aliphatic carbocycles. The second-order valence-corrected chi connectivity index (χ2v) is 10.5. The Balaban J connectivity index is 1.73. The van der Waals surface area contributed by atoms with E-state index < -0.39 is 13.4 Å². The summed E-state index contributed by atoms with van der Waals surface area (Å²) in [5.41, 5.74) is 6.61. The molecule has 0 saturated carbocycles. The molecule has 1 heterocycles. The van der Waals surface area contributed by atoms with E-state index in [1.54, 1.807) is 30.0 Å². The second-order valence-electron chi connectivity index (χ2n) is 7.19. The van der Waals surface area contributed by atoms with Crippen LogP contribution in [0.1, 0.15) is 41.5 Å². The Hall–Kier alpha value is -1.10. The fourth-order valence-electron chi connectivity index (χ4n) is 2.61. The highest BCUT2D eigenvalue weighted by atomic mass is 32.2. The molecule has 1 aromatic heterocycles. The standard InChI is InChI=1S/C21H28NO4PS2/c1-21(22,16-26-27(23,24)25)15-14-20-13-12-19(29-20)7-5-3-4-6-17-8-10-18(28-2)11-9-17/h8-13H,3-4,6,14-16,22H2,1-2H3,(H2,23,24,25). The molecule has 0 fully saturated rings. The highest BCUT2D eigenvalue weighted by Gasteiger charge is 2.24. The van der Waals surface area contributed by atoms with Gasteiger partial charge in [0.1, 0.15) is 0 Å². The monoisotopic (exact) mass is 453 g/mol. The minimum absolute atomic E-state index is 0.185. The fourth-order valence-corrected chi connectivity index (χ4v) is 4.37. The van der Waals surface area contributed by atoms with Crippen molar-refractivity contribution in [2.75, 3.05) is 12.9 Å². The van der Waals surface area contributed by atoms with Gasteiger partial charge in [-0.2, -0.15) is 0 Å². The van der Waals surface area contributed by atoms with E-state index >= 15 is 0 Å². The normalized spacial score (nSPS) is 13.6. The van der Waals surface area contributed by atoms with Crippen LogP contribution in [0.4, 0.5) is 0 Å². The maximum Gasteiger partial charge on any atom is 0.469 e. The Morgan fingerprint density at radius 2 is 1.93 bits per heavy atom. The summed E-state index contributed by atoms with van der Waals surface area (Å²) >= 11 is 3.38. The summed E-state index contributed by atoms with van der Waals surface area (Å²) < 4.78 is 15.3. The third-order valence-corrected chi connectivity index (χ3v) is 6.57. The molecule has 5 nitrogen and oxygen atoms in total. The van der Waals surface area contributed by atoms with E-state index in [0.717, 1.165) is 35.4 Å². The molecule has 0 amide bonds. The summed E-state index contributed by atoms with van der Waals surface area (Å²) in [6.45, 7) is 1.54. The van der Waals surface area contributed by atoms with E-state index in [1.165, 1.54) is 10.5 Å². The summed E-state index contributed by atoms with van der Waals surface area (Å²) in [5, 5.41) is 0. The maximum atomic E-state index is 10.8.